The van der Waals surface area contributed by atoms with Crippen LogP contribution in [0.4, 0.5) is 0 Å². The number of methoxy groups -OCH3 is 1. The number of ether oxygens (including phenoxy) is 1. The largest absolute Gasteiger partial charge is 0.496 e. The number of benzene rings is 1. The quantitative estimate of drug-likeness (QED) is 0.826. The Labute approximate surface area is 113 Å². The molecule has 0 saturated carbocycles. The van der Waals surface area contributed by atoms with Crippen LogP contribution < -0.4 is 4.74 Å². The molecule has 96 valence electrons. The van der Waals surface area contributed by atoms with E-state index < -0.39 is 0 Å². The van der Waals surface area contributed by atoms with E-state index in [1.165, 1.54) is 5.56 Å². The lowest BCUT2D eigenvalue weighted by molar-refractivity contribution is 0.416. The van der Waals surface area contributed by atoms with Crippen molar-refractivity contribution in [2.24, 2.45) is 0 Å². The van der Waals surface area contributed by atoms with Gasteiger partial charge in [0.05, 0.1) is 19.0 Å². The van der Waals surface area contributed by atoms with Gasteiger partial charge in [-0.25, -0.2) is 4.98 Å². The molecule has 4 heteroatoms. The van der Waals surface area contributed by atoms with Crippen molar-refractivity contribution in [2.75, 3.05) is 7.11 Å². The minimum Gasteiger partial charge on any atom is -0.496 e. The first-order valence-corrected chi connectivity index (χ1v) is 6.62. The normalized spacial score (nSPS) is 10.9. The molecule has 0 aliphatic heterocycles. The van der Waals surface area contributed by atoms with Crippen molar-refractivity contribution in [1.29, 1.82) is 0 Å². The van der Waals surface area contributed by atoms with Crippen LogP contribution in [0.2, 0.25) is 0 Å². The number of imidazole rings is 1. The summed E-state index contributed by atoms with van der Waals surface area (Å²) < 4.78 is 5.41. The van der Waals surface area contributed by atoms with Crippen LogP contribution in [0, 0.1) is 0 Å². The molecule has 1 heterocycles. The maximum Gasteiger partial charge on any atom is 0.128 e. The number of hydrogen-bond donors (Lipinski definition) is 2. The highest BCUT2D eigenvalue weighted by Crippen LogP contribution is 2.31. The van der Waals surface area contributed by atoms with Gasteiger partial charge >= 0.3 is 0 Å². The highest BCUT2D eigenvalue weighted by atomic mass is 32.1. The number of aromatic nitrogens is 2. The lowest BCUT2D eigenvalue weighted by Crippen LogP contribution is -1.93. The van der Waals surface area contributed by atoms with Gasteiger partial charge in [0, 0.05) is 11.3 Å². The Bertz CT molecular complexity index is 534. The summed E-state index contributed by atoms with van der Waals surface area (Å²) in [5.74, 6) is 2.81. The van der Waals surface area contributed by atoms with E-state index in [4.69, 9.17) is 4.74 Å². The topological polar surface area (TPSA) is 37.9 Å². The van der Waals surface area contributed by atoms with Crippen molar-refractivity contribution in [3.63, 3.8) is 0 Å². The number of H-pyrrole nitrogens is 1. The third-order valence-corrected chi connectivity index (χ3v) is 3.26. The van der Waals surface area contributed by atoms with Crippen LogP contribution in [0.5, 0.6) is 5.75 Å². The van der Waals surface area contributed by atoms with Crippen LogP contribution in [0.25, 0.3) is 11.3 Å². The smallest absolute Gasteiger partial charge is 0.128 e. The van der Waals surface area contributed by atoms with Crippen molar-refractivity contribution in [2.45, 2.75) is 25.5 Å². The summed E-state index contributed by atoms with van der Waals surface area (Å²) >= 11 is 4.21. The highest BCUT2D eigenvalue weighted by molar-refractivity contribution is 7.79. The molecule has 1 N–H and O–H groups in total. The third kappa shape index (κ3) is 2.53. The van der Waals surface area contributed by atoms with Crippen LogP contribution in [0.1, 0.15) is 31.2 Å². The van der Waals surface area contributed by atoms with Gasteiger partial charge in [0.15, 0.2) is 0 Å². The van der Waals surface area contributed by atoms with Crippen molar-refractivity contribution in [3.8, 4) is 17.0 Å². The summed E-state index contributed by atoms with van der Waals surface area (Å²) in [5.41, 5.74) is 3.30. The zero-order valence-corrected chi connectivity index (χ0v) is 11.8. The number of hydrogen-bond acceptors (Lipinski definition) is 3. The third-order valence-electron chi connectivity index (χ3n) is 2.96. The van der Waals surface area contributed by atoms with Crippen LogP contribution in [0.3, 0.4) is 0 Å². The molecule has 2 rings (SSSR count). The van der Waals surface area contributed by atoms with Gasteiger partial charge in [-0.2, -0.15) is 12.6 Å². The Morgan fingerprint density at radius 3 is 2.72 bits per heavy atom. The minimum absolute atomic E-state index is 0.488. The zero-order chi connectivity index (χ0) is 13.1. The molecule has 0 spiro atoms. The predicted octanol–water partition coefficient (Wildman–Crippen LogP) is 3.64. The fourth-order valence-corrected chi connectivity index (χ4v) is 2.04. The molecular formula is C14H18N2OS. The van der Waals surface area contributed by atoms with E-state index in [9.17, 15) is 0 Å². The van der Waals surface area contributed by atoms with E-state index in [0.29, 0.717) is 11.7 Å². The van der Waals surface area contributed by atoms with E-state index in [1.54, 1.807) is 7.11 Å². The molecule has 0 aliphatic carbocycles. The van der Waals surface area contributed by atoms with Gasteiger partial charge in [-0.3, -0.25) is 0 Å². The van der Waals surface area contributed by atoms with Gasteiger partial charge in [-0.1, -0.05) is 19.9 Å². The second-order valence-corrected chi connectivity index (χ2v) is 4.83. The Hall–Kier alpha value is -1.42. The Morgan fingerprint density at radius 1 is 1.39 bits per heavy atom. The number of nitrogens with one attached hydrogen (secondary N) is 1. The van der Waals surface area contributed by atoms with E-state index >= 15 is 0 Å². The first-order chi connectivity index (χ1) is 8.65. The Balaban J connectivity index is 2.49. The van der Waals surface area contributed by atoms with E-state index in [-0.39, 0.29) is 0 Å². The Morgan fingerprint density at radius 2 is 2.17 bits per heavy atom. The van der Waals surface area contributed by atoms with Gasteiger partial charge < -0.3 is 9.72 Å². The first-order valence-electron chi connectivity index (χ1n) is 5.98. The number of rotatable bonds is 4. The minimum atomic E-state index is 0.488. The molecule has 3 nitrogen and oxygen atoms in total. The van der Waals surface area contributed by atoms with Crippen LogP contribution in [0.15, 0.2) is 24.4 Å². The van der Waals surface area contributed by atoms with E-state index in [0.717, 1.165) is 22.8 Å². The van der Waals surface area contributed by atoms with Gasteiger partial charge in [0.1, 0.15) is 11.6 Å². The molecule has 18 heavy (non-hydrogen) atoms. The molecule has 0 fully saturated rings. The number of nitrogens with zero attached hydrogens (tertiary/aromatic N) is 1. The number of aromatic amines is 1. The summed E-state index contributed by atoms with van der Waals surface area (Å²) in [5, 5.41) is 0. The molecular weight excluding hydrogens is 244 g/mol. The average Bonchev–Trinajstić information content (AvgIpc) is 2.86. The van der Waals surface area contributed by atoms with Crippen LogP contribution in [-0.4, -0.2) is 17.1 Å². The van der Waals surface area contributed by atoms with Gasteiger partial charge in [0.25, 0.3) is 0 Å². The SMILES string of the molecule is COc1ccc(C(C)C)cc1-c1cnc(CS)[nH]1. The number of thiol groups is 1. The fraction of sp³-hybridized carbons (Fsp3) is 0.357. The van der Waals surface area contributed by atoms with Gasteiger partial charge in [0.2, 0.25) is 0 Å². The molecule has 0 amide bonds. The molecule has 2 aromatic rings. The fourth-order valence-electron chi connectivity index (χ4n) is 1.87. The van der Waals surface area contributed by atoms with Gasteiger partial charge in [-0.05, 0) is 23.6 Å². The highest BCUT2D eigenvalue weighted by Gasteiger charge is 2.11. The summed E-state index contributed by atoms with van der Waals surface area (Å²) in [6, 6.07) is 6.26. The van der Waals surface area contributed by atoms with E-state index in [1.807, 2.05) is 12.3 Å². The van der Waals surface area contributed by atoms with Crippen molar-refractivity contribution < 1.29 is 4.74 Å². The predicted molar refractivity (Wildman–Crippen MR) is 77.4 cm³/mol. The van der Waals surface area contributed by atoms with Crippen LogP contribution >= 0.6 is 12.6 Å². The van der Waals surface area contributed by atoms with Crippen molar-refractivity contribution in [1.82, 2.24) is 9.97 Å². The molecule has 0 bridgehead atoms. The first kappa shape index (κ1) is 13.0. The van der Waals surface area contributed by atoms with Crippen molar-refractivity contribution >= 4 is 12.6 Å². The zero-order valence-electron chi connectivity index (χ0n) is 10.9. The summed E-state index contributed by atoms with van der Waals surface area (Å²) in [7, 11) is 1.68. The molecule has 0 atom stereocenters. The summed E-state index contributed by atoms with van der Waals surface area (Å²) in [6.07, 6.45) is 1.83. The molecule has 0 aliphatic rings. The lowest BCUT2D eigenvalue weighted by atomic mass is 9.99. The summed E-state index contributed by atoms with van der Waals surface area (Å²) in [6.45, 7) is 4.36. The standard InChI is InChI=1S/C14H18N2OS/c1-9(2)10-4-5-13(17-3)11(6-10)12-7-15-14(8-18)16-12/h4-7,9,18H,8H2,1-3H3,(H,15,16). The second kappa shape index (κ2) is 5.48. The molecule has 0 radical (unpaired) electrons. The van der Waals surface area contributed by atoms with E-state index in [2.05, 4.69) is 48.6 Å². The molecule has 0 saturated heterocycles. The maximum absolute atomic E-state index is 5.41. The Kier molecular flexibility index (Phi) is 3.97. The second-order valence-electron chi connectivity index (χ2n) is 4.52. The average molecular weight is 262 g/mol. The van der Waals surface area contributed by atoms with Crippen molar-refractivity contribution in [3.05, 3.63) is 35.8 Å². The monoisotopic (exact) mass is 262 g/mol. The van der Waals surface area contributed by atoms with Gasteiger partial charge in [-0.15, -0.1) is 0 Å². The molecule has 1 aromatic heterocycles. The molecule has 1 aromatic carbocycles. The maximum atomic E-state index is 5.41. The molecule has 0 unspecified atom stereocenters. The van der Waals surface area contributed by atoms with Crippen LogP contribution in [-0.2, 0) is 5.75 Å². The summed E-state index contributed by atoms with van der Waals surface area (Å²) in [4.78, 5) is 7.53. The lowest BCUT2D eigenvalue weighted by Gasteiger charge is -2.11.